The summed E-state index contributed by atoms with van der Waals surface area (Å²) < 4.78 is 0. The first-order valence-electron chi connectivity index (χ1n) is 4.65. The lowest BCUT2D eigenvalue weighted by atomic mass is 10.3. The van der Waals surface area contributed by atoms with Gasteiger partial charge in [-0.2, -0.15) is 11.8 Å². The Morgan fingerprint density at radius 2 is 2.47 bits per heavy atom. The van der Waals surface area contributed by atoms with Crippen molar-refractivity contribution in [3.05, 3.63) is 18.1 Å². The molecule has 0 aromatic carbocycles. The highest BCUT2D eigenvalue weighted by molar-refractivity contribution is 7.99. The lowest BCUT2D eigenvalue weighted by Gasteiger charge is -2.11. The van der Waals surface area contributed by atoms with Crippen molar-refractivity contribution >= 4 is 23.5 Å². The molecule has 6 heteroatoms. The van der Waals surface area contributed by atoms with Crippen molar-refractivity contribution in [1.29, 1.82) is 0 Å². The summed E-state index contributed by atoms with van der Waals surface area (Å²) in [5.41, 5.74) is -0.0225. The van der Waals surface area contributed by atoms with E-state index in [1.807, 2.05) is 11.8 Å². The number of carboxylic acid groups (broad SMARTS) is 1. The molecule has 0 bridgehead atoms. The van der Waals surface area contributed by atoms with Gasteiger partial charge >= 0.3 is 5.97 Å². The highest BCUT2D eigenvalue weighted by Gasteiger charge is 2.16. The summed E-state index contributed by atoms with van der Waals surface area (Å²) in [4.78, 5) is 18.4. The van der Waals surface area contributed by atoms with Crippen LogP contribution in [0.4, 0.5) is 5.82 Å². The van der Waals surface area contributed by atoms with Crippen molar-refractivity contribution in [3.8, 4) is 0 Å². The topological polar surface area (TPSA) is 75.1 Å². The van der Waals surface area contributed by atoms with Gasteiger partial charge in [-0.05, 0) is 12.2 Å². The molecule has 1 unspecified atom stereocenters. The maximum atomic E-state index is 10.7. The number of carboxylic acids is 1. The van der Waals surface area contributed by atoms with Crippen LogP contribution in [0.2, 0.25) is 0 Å². The molecule has 1 aromatic heterocycles. The fourth-order valence-corrected chi connectivity index (χ4v) is 2.55. The van der Waals surface area contributed by atoms with Crippen molar-refractivity contribution in [3.63, 3.8) is 0 Å². The zero-order valence-electron chi connectivity index (χ0n) is 8.01. The summed E-state index contributed by atoms with van der Waals surface area (Å²) in [6.45, 7) is 0. The molecule has 2 heterocycles. The van der Waals surface area contributed by atoms with Gasteiger partial charge in [-0.15, -0.1) is 0 Å². The SMILES string of the molecule is O=C(O)c1cncc(NC2CCSC2)n1. The highest BCUT2D eigenvalue weighted by atomic mass is 32.2. The largest absolute Gasteiger partial charge is 0.476 e. The van der Waals surface area contributed by atoms with E-state index in [9.17, 15) is 4.79 Å². The monoisotopic (exact) mass is 225 g/mol. The predicted molar refractivity (Wildman–Crippen MR) is 58.3 cm³/mol. The Morgan fingerprint density at radius 1 is 1.60 bits per heavy atom. The molecular formula is C9H11N3O2S. The normalized spacial score (nSPS) is 20.1. The van der Waals surface area contributed by atoms with E-state index in [-0.39, 0.29) is 5.69 Å². The Balaban J connectivity index is 2.07. The van der Waals surface area contributed by atoms with Gasteiger partial charge in [0.25, 0.3) is 0 Å². The summed E-state index contributed by atoms with van der Waals surface area (Å²) in [7, 11) is 0. The first kappa shape index (κ1) is 10.2. The Bertz CT molecular complexity index is 366. The average molecular weight is 225 g/mol. The first-order valence-corrected chi connectivity index (χ1v) is 5.81. The zero-order valence-corrected chi connectivity index (χ0v) is 8.83. The summed E-state index contributed by atoms with van der Waals surface area (Å²) >= 11 is 1.88. The Labute approximate surface area is 91.3 Å². The molecule has 0 saturated carbocycles. The standard InChI is InChI=1S/C9H11N3O2S/c13-9(14)7-3-10-4-8(12-7)11-6-1-2-15-5-6/h3-4,6H,1-2,5H2,(H,11,12)(H,13,14). The predicted octanol–water partition coefficient (Wildman–Crippen LogP) is 1.09. The van der Waals surface area contributed by atoms with Crippen LogP contribution in [0.1, 0.15) is 16.9 Å². The van der Waals surface area contributed by atoms with E-state index in [0.29, 0.717) is 11.9 Å². The van der Waals surface area contributed by atoms with Gasteiger partial charge in [0.15, 0.2) is 5.69 Å². The van der Waals surface area contributed by atoms with Crippen LogP contribution in [-0.2, 0) is 0 Å². The van der Waals surface area contributed by atoms with Crippen LogP contribution < -0.4 is 5.32 Å². The number of aromatic nitrogens is 2. The molecule has 2 N–H and O–H groups in total. The molecule has 15 heavy (non-hydrogen) atoms. The maximum Gasteiger partial charge on any atom is 0.356 e. The third-order valence-electron chi connectivity index (χ3n) is 2.14. The van der Waals surface area contributed by atoms with Crippen molar-refractivity contribution in [2.24, 2.45) is 0 Å². The van der Waals surface area contributed by atoms with Gasteiger partial charge in [-0.25, -0.2) is 9.78 Å². The van der Waals surface area contributed by atoms with Crippen LogP contribution in [0.3, 0.4) is 0 Å². The Hall–Kier alpha value is -1.30. The maximum absolute atomic E-state index is 10.7. The van der Waals surface area contributed by atoms with Gasteiger partial charge in [-0.3, -0.25) is 4.98 Å². The van der Waals surface area contributed by atoms with Crippen molar-refractivity contribution < 1.29 is 9.90 Å². The van der Waals surface area contributed by atoms with Gasteiger partial charge in [0, 0.05) is 11.8 Å². The molecule has 1 saturated heterocycles. The van der Waals surface area contributed by atoms with E-state index in [4.69, 9.17) is 5.11 Å². The van der Waals surface area contributed by atoms with E-state index >= 15 is 0 Å². The fourth-order valence-electron chi connectivity index (χ4n) is 1.40. The number of aromatic carboxylic acids is 1. The minimum Gasteiger partial charge on any atom is -0.476 e. The number of hydrogen-bond acceptors (Lipinski definition) is 5. The van der Waals surface area contributed by atoms with Gasteiger partial charge < -0.3 is 10.4 Å². The molecule has 5 nitrogen and oxygen atoms in total. The summed E-state index contributed by atoms with van der Waals surface area (Å²) in [6, 6.07) is 0.383. The number of hydrogen-bond donors (Lipinski definition) is 2. The van der Waals surface area contributed by atoms with Crippen LogP contribution in [0.15, 0.2) is 12.4 Å². The lowest BCUT2D eigenvalue weighted by Crippen LogP contribution is -2.19. The zero-order chi connectivity index (χ0) is 10.7. The second kappa shape index (κ2) is 4.48. The molecule has 0 radical (unpaired) electrons. The number of rotatable bonds is 3. The van der Waals surface area contributed by atoms with E-state index in [2.05, 4.69) is 15.3 Å². The highest BCUT2D eigenvalue weighted by Crippen LogP contribution is 2.20. The van der Waals surface area contributed by atoms with E-state index in [0.717, 1.165) is 17.9 Å². The van der Waals surface area contributed by atoms with Gasteiger partial charge in [0.2, 0.25) is 0 Å². The lowest BCUT2D eigenvalue weighted by molar-refractivity contribution is 0.0690. The number of nitrogens with one attached hydrogen (secondary N) is 1. The van der Waals surface area contributed by atoms with Crippen LogP contribution in [0, 0.1) is 0 Å². The van der Waals surface area contributed by atoms with Crippen molar-refractivity contribution in [2.75, 3.05) is 16.8 Å². The smallest absolute Gasteiger partial charge is 0.356 e. The molecule has 2 rings (SSSR count). The minimum atomic E-state index is -1.05. The summed E-state index contributed by atoms with van der Waals surface area (Å²) in [5.74, 6) is 1.68. The van der Waals surface area contributed by atoms with Crippen LogP contribution in [-0.4, -0.2) is 38.6 Å². The Morgan fingerprint density at radius 3 is 3.13 bits per heavy atom. The quantitative estimate of drug-likeness (QED) is 0.802. The fraction of sp³-hybridized carbons (Fsp3) is 0.444. The van der Waals surface area contributed by atoms with Crippen LogP contribution in [0.5, 0.6) is 0 Å². The molecule has 0 amide bonds. The third kappa shape index (κ3) is 2.59. The first-order chi connectivity index (χ1) is 7.25. The van der Waals surface area contributed by atoms with Gasteiger partial charge in [0.1, 0.15) is 5.82 Å². The van der Waals surface area contributed by atoms with Crippen molar-refractivity contribution in [2.45, 2.75) is 12.5 Å². The van der Waals surface area contributed by atoms with Crippen molar-refractivity contribution in [1.82, 2.24) is 9.97 Å². The molecule has 1 aliphatic rings. The van der Waals surface area contributed by atoms with E-state index < -0.39 is 5.97 Å². The minimum absolute atomic E-state index is 0.0225. The summed E-state index contributed by atoms with van der Waals surface area (Å²) in [5, 5.41) is 11.9. The molecule has 80 valence electrons. The number of thioether (sulfide) groups is 1. The number of nitrogens with zero attached hydrogens (tertiary/aromatic N) is 2. The van der Waals surface area contributed by atoms with Gasteiger partial charge in [-0.1, -0.05) is 0 Å². The molecule has 1 atom stereocenters. The molecule has 0 spiro atoms. The molecule has 1 aliphatic heterocycles. The molecule has 1 aromatic rings. The number of anilines is 1. The van der Waals surface area contributed by atoms with Crippen LogP contribution in [0.25, 0.3) is 0 Å². The Kier molecular flexibility index (Phi) is 3.05. The average Bonchev–Trinajstić information content (AvgIpc) is 2.71. The van der Waals surface area contributed by atoms with Gasteiger partial charge in [0.05, 0.1) is 12.4 Å². The van der Waals surface area contributed by atoms with Crippen LogP contribution >= 0.6 is 11.8 Å². The molecule has 1 fully saturated rings. The second-order valence-corrected chi connectivity index (χ2v) is 4.45. The molecule has 0 aliphatic carbocycles. The van der Waals surface area contributed by atoms with E-state index in [1.54, 1.807) is 6.20 Å². The molecular weight excluding hydrogens is 214 g/mol. The number of carbonyl (C=O) groups is 1. The van der Waals surface area contributed by atoms with E-state index in [1.165, 1.54) is 6.20 Å². The second-order valence-electron chi connectivity index (χ2n) is 3.30. The summed E-state index contributed by atoms with van der Waals surface area (Å²) in [6.07, 6.45) is 3.88. The third-order valence-corrected chi connectivity index (χ3v) is 3.30.